The number of rotatable bonds is 5. The van der Waals surface area contributed by atoms with Gasteiger partial charge in [-0.15, -0.1) is 11.3 Å². The molecule has 0 aliphatic heterocycles. The van der Waals surface area contributed by atoms with E-state index in [1.165, 1.54) is 17.8 Å². The Morgan fingerprint density at radius 2 is 2.10 bits per heavy atom. The van der Waals surface area contributed by atoms with Crippen molar-refractivity contribution in [1.29, 1.82) is 0 Å². The molecule has 0 amide bonds. The summed E-state index contributed by atoms with van der Waals surface area (Å²) in [4.78, 5) is 0. The Balaban J connectivity index is 2.02. The fourth-order valence-corrected chi connectivity index (χ4v) is 5.20. The van der Waals surface area contributed by atoms with E-state index in [9.17, 15) is 8.42 Å². The molecule has 1 saturated carbocycles. The van der Waals surface area contributed by atoms with Crippen LogP contribution in [0.1, 0.15) is 44.6 Å². The summed E-state index contributed by atoms with van der Waals surface area (Å²) in [5.74, 6) is 0.716. The predicted octanol–water partition coefficient (Wildman–Crippen LogP) is 2.71. The molecular formula is C14H24N2O2S2. The maximum absolute atomic E-state index is 12.4. The summed E-state index contributed by atoms with van der Waals surface area (Å²) in [5.41, 5.74) is 1.02. The lowest BCUT2D eigenvalue weighted by molar-refractivity contribution is 0.485. The van der Waals surface area contributed by atoms with Gasteiger partial charge in [-0.3, -0.25) is 0 Å². The van der Waals surface area contributed by atoms with Crippen molar-refractivity contribution in [2.24, 2.45) is 5.92 Å². The van der Waals surface area contributed by atoms with E-state index < -0.39 is 10.0 Å². The molecule has 1 fully saturated rings. The molecule has 0 spiro atoms. The highest BCUT2D eigenvalue weighted by Gasteiger charge is 2.23. The highest BCUT2D eigenvalue weighted by molar-refractivity contribution is 7.91. The third-order valence-corrected chi connectivity index (χ3v) is 6.86. The topological polar surface area (TPSA) is 58.2 Å². The standard InChI is InChI=1S/C14H24N2O2S2/c1-11-4-3-5-13(7-6-11)16-20(17,18)14-8-12(9-15-2)10-19-14/h8,10-11,13,15-16H,3-7,9H2,1-2H3. The second kappa shape index (κ2) is 7.02. The first-order valence-corrected chi connectivity index (χ1v) is 9.62. The lowest BCUT2D eigenvalue weighted by atomic mass is 10.0. The zero-order valence-electron chi connectivity index (χ0n) is 12.2. The van der Waals surface area contributed by atoms with E-state index in [4.69, 9.17) is 0 Å². The molecule has 114 valence electrons. The first-order chi connectivity index (χ1) is 9.51. The van der Waals surface area contributed by atoms with Gasteiger partial charge in [0, 0.05) is 12.6 Å². The molecular weight excluding hydrogens is 292 g/mol. The molecule has 1 aromatic rings. The van der Waals surface area contributed by atoms with E-state index in [-0.39, 0.29) is 6.04 Å². The largest absolute Gasteiger partial charge is 0.316 e. The van der Waals surface area contributed by atoms with Crippen molar-refractivity contribution in [2.75, 3.05) is 7.05 Å². The molecule has 0 radical (unpaired) electrons. The van der Waals surface area contributed by atoms with E-state index in [2.05, 4.69) is 17.0 Å². The van der Waals surface area contributed by atoms with Crippen molar-refractivity contribution in [3.05, 3.63) is 17.0 Å². The zero-order chi connectivity index (χ0) is 14.6. The third kappa shape index (κ3) is 4.28. The molecule has 0 bridgehead atoms. The van der Waals surface area contributed by atoms with Crippen LogP contribution in [0.3, 0.4) is 0 Å². The van der Waals surface area contributed by atoms with E-state index in [1.54, 1.807) is 6.07 Å². The average Bonchev–Trinajstić information content (AvgIpc) is 2.77. The Labute approximate surface area is 126 Å². The van der Waals surface area contributed by atoms with Crippen LogP contribution < -0.4 is 10.0 Å². The molecule has 2 atom stereocenters. The summed E-state index contributed by atoms with van der Waals surface area (Å²) in [5, 5.41) is 4.94. The van der Waals surface area contributed by atoms with Gasteiger partial charge in [0.25, 0.3) is 0 Å². The van der Waals surface area contributed by atoms with Crippen molar-refractivity contribution < 1.29 is 8.42 Å². The first-order valence-electron chi connectivity index (χ1n) is 7.25. The molecule has 1 heterocycles. The fourth-order valence-electron chi connectivity index (χ4n) is 2.67. The molecule has 20 heavy (non-hydrogen) atoms. The van der Waals surface area contributed by atoms with Gasteiger partial charge < -0.3 is 5.32 Å². The maximum Gasteiger partial charge on any atom is 0.250 e. The minimum atomic E-state index is -3.35. The summed E-state index contributed by atoms with van der Waals surface area (Å²) >= 11 is 1.30. The van der Waals surface area contributed by atoms with E-state index in [0.717, 1.165) is 31.2 Å². The Morgan fingerprint density at radius 3 is 2.85 bits per heavy atom. The van der Waals surface area contributed by atoms with E-state index in [1.807, 2.05) is 12.4 Å². The minimum Gasteiger partial charge on any atom is -0.316 e. The SMILES string of the molecule is CNCc1csc(S(=O)(=O)NC2CCCC(C)CC2)c1. The minimum absolute atomic E-state index is 0.0970. The van der Waals surface area contributed by atoms with Crippen LogP contribution in [0, 0.1) is 5.92 Å². The average molecular weight is 316 g/mol. The van der Waals surface area contributed by atoms with Gasteiger partial charge in [0.05, 0.1) is 0 Å². The van der Waals surface area contributed by atoms with Gasteiger partial charge in [-0.25, -0.2) is 13.1 Å². The van der Waals surface area contributed by atoms with Gasteiger partial charge in [-0.1, -0.05) is 19.8 Å². The zero-order valence-corrected chi connectivity index (χ0v) is 13.8. The Hall–Kier alpha value is -0.430. The maximum atomic E-state index is 12.4. The van der Waals surface area contributed by atoms with Crippen LogP contribution in [0.15, 0.2) is 15.7 Å². The molecule has 2 N–H and O–H groups in total. The highest BCUT2D eigenvalue weighted by Crippen LogP contribution is 2.25. The van der Waals surface area contributed by atoms with Crippen molar-refractivity contribution >= 4 is 21.4 Å². The Morgan fingerprint density at radius 1 is 1.30 bits per heavy atom. The number of hydrogen-bond donors (Lipinski definition) is 2. The van der Waals surface area contributed by atoms with Crippen LogP contribution in [0.25, 0.3) is 0 Å². The van der Waals surface area contributed by atoms with Gasteiger partial charge in [0.2, 0.25) is 10.0 Å². The summed E-state index contributed by atoms with van der Waals surface area (Å²) in [6, 6.07) is 1.86. The smallest absolute Gasteiger partial charge is 0.250 e. The van der Waals surface area contributed by atoms with E-state index in [0.29, 0.717) is 16.7 Å². The van der Waals surface area contributed by atoms with Crippen LogP contribution >= 0.6 is 11.3 Å². The molecule has 6 heteroatoms. The summed E-state index contributed by atoms with van der Waals surface area (Å²) in [6.07, 6.45) is 5.35. The quantitative estimate of drug-likeness (QED) is 0.821. The van der Waals surface area contributed by atoms with Gasteiger partial charge in [-0.05, 0) is 49.2 Å². The Bertz CT molecular complexity index is 525. The van der Waals surface area contributed by atoms with Gasteiger partial charge in [-0.2, -0.15) is 0 Å². The second-order valence-electron chi connectivity index (χ2n) is 5.74. The highest BCUT2D eigenvalue weighted by atomic mass is 32.2. The fraction of sp³-hybridized carbons (Fsp3) is 0.714. The lowest BCUT2D eigenvalue weighted by Crippen LogP contribution is -2.34. The first kappa shape index (κ1) is 15.9. The monoisotopic (exact) mass is 316 g/mol. The second-order valence-corrected chi connectivity index (χ2v) is 8.59. The van der Waals surface area contributed by atoms with Crippen LogP contribution in [-0.4, -0.2) is 21.5 Å². The summed E-state index contributed by atoms with van der Waals surface area (Å²) in [7, 11) is -1.49. The molecule has 0 aromatic carbocycles. The van der Waals surface area contributed by atoms with Crippen molar-refractivity contribution in [1.82, 2.24) is 10.0 Å². The normalized spacial score (nSPS) is 24.5. The molecule has 1 aliphatic carbocycles. The Kier molecular flexibility index (Phi) is 5.60. The van der Waals surface area contributed by atoms with Gasteiger partial charge >= 0.3 is 0 Å². The number of hydrogen-bond acceptors (Lipinski definition) is 4. The van der Waals surface area contributed by atoms with E-state index >= 15 is 0 Å². The third-order valence-electron chi connectivity index (χ3n) is 3.85. The van der Waals surface area contributed by atoms with Crippen LogP contribution in [0.2, 0.25) is 0 Å². The van der Waals surface area contributed by atoms with Crippen molar-refractivity contribution in [3.8, 4) is 0 Å². The molecule has 4 nitrogen and oxygen atoms in total. The van der Waals surface area contributed by atoms with Gasteiger partial charge in [0.15, 0.2) is 0 Å². The van der Waals surface area contributed by atoms with Crippen molar-refractivity contribution in [2.45, 2.75) is 55.8 Å². The number of thiophene rings is 1. The predicted molar refractivity (Wildman–Crippen MR) is 83.4 cm³/mol. The van der Waals surface area contributed by atoms with Crippen molar-refractivity contribution in [3.63, 3.8) is 0 Å². The summed E-state index contributed by atoms with van der Waals surface area (Å²) in [6.45, 7) is 2.95. The molecule has 0 saturated heterocycles. The lowest BCUT2D eigenvalue weighted by Gasteiger charge is -2.15. The van der Waals surface area contributed by atoms with Crippen LogP contribution in [-0.2, 0) is 16.6 Å². The molecule has 2 unspecified atom stereocenters. The van der Waals surface area contributed by atoms with Crippen LogP contribution in [0.5, 0.6) is 0 Å². The number of sulfonamides is 1. The molecule has 1 aromatic heterocycles. The molecule has 1 aliphatic rings. The molecule has 2 rings (SSSR count). The van der Waals surface area contributed by atoms with Gasteiger partial charge in [0.1, 0.15) is 4.21 Å². The summed E-state index contributed by atoms with van der Waals surface area (Å²) < 4.78 is 28.1. The van der Waals surface area contributed by atoms with Crippen LogP contribution in [0.4, 0.5) is 0 Å². The number of nitrogens with one attached hydrogen (secondary N) is 2.